The van der Waals surface area contributed by atoms with Gasteiger partial charge in [0.25, 0.3) is 0 Å². The molecule has 1 aromatic heterocycles. The first kappa shape index (κ1) is 8.68. The Morgan fingerprint density at radius 3 is 2.82 bits per heavy atom. The van der Waals surface area contributed by atoms with Crippen LogP contribution in [-0.2, 0) is 0 Å². The standard InChI is InChI=1S/C8H10OS2/c1-11(2)6-7(9)8-4-3-5-10-8/h3-6H,1-2H3. The molecule has 0 aliphatic carbocycles. The van der Waals surface area contributed by atoms with Gasteiger partial charge < -0.3 is 0 Å². The highest BCUT2D eigenvalue weighted by atomic mass is 32.2. The van der Waals surface area contributed by atoms with Crippen LogP contribution in [0.25, 0.3) is 0 Å². The van der Waals surface area contributed by atoms with E-state index in [-0.39, 0.29) is 16.3 Å². The number of ketones is 1. The summed E-state index contributed by atoms with van der Waals surface area (Å²) in [7, 11) is 0.102. The summed E-state index contributed by atoms with van der Waals surface area (Å²) in [6.07, 6.45) is 4.07. The fourth-order valence-corrected chi connectivity index (χ4v) is 1.96. The number of carbonyl (C=O) groups excluding carboxylic acids is 1. The molecule has 0 aliphatic heterocycles. The second kappa shape index (κ2) is 3.83. The Morgan fingerprint density at radius 2 is 2.36 bits per heavy atom. The molecule has 1 aromatic rings. The van der Waals surface area contributed by atoms with Crippen molar-refractivity contribution in [3.05, 3.63) is 22.4 Å². The van der Waals surface area contributed by atoms with Crippen LogP contribution in [0.5, 0.6) is 0 Å². The largest absolute Gasteiger partial charge is 0.288 e. The average Bonchev–Trinajstić information content (AvgIpc) is 2.35. The van der Waals surface area contributed by atoms with Crippen LogP contribution in [0, 0.1) is 0 Å². The minimum atomic E-state index is 0.102. The van der Waals surface area contributed by atoms with Gasteiger partial charge in [-0.1, -0.05) is 6.07 Å². The van der Waals surface area contributed by atoms with E-state index in [1.807, 2.05) is 30.0 Å². The SMILES string of the molecule is CS(C)=CC(=O)c1cccs1. The minimum Gasteiger partial charge on any atom is -0.288 e. The molecule has 0 aromatic carbocycles. The molecule has 0 saturated carbocycles. The highest BCUT2D eigenvalue weighted by Gasteiger charge is 2.01. The van der Waals surface area contributed by atoms with Gasteiger partial charge in [-0.05, 0) is 24.0 Å². The summed E-state index contributed by atoms with van der Waals surface area (Å²) in [6.45, 7) is 0. The Bertz CT molecular complexity index is 268. The summed E-state index contributed by atoms with van der Waals surface area (Å²) in [5.74, 6) is 0.160. The van der Waals surface area contributed by atoms with Gasteiger partial charge in [-0.15, -0.1) is 11.3 Å². The number of hydrogen-bond acceptors (Lipinski definition) is 2. The van der Waals surface area contributed by atoms with Gasteiger partial charge in [-0.3, -0.25) is 4.79 Å². The third-order valence-electron chi connectivity index (χ3n) is 1.11. The van der Waals surface area contributed by atoms with Crippen molar-refractivity contribution >= 4 is 33.0 Å². The second-order valence-electron chi connectivity index (χ2n) is 2.34. The van der Waals surface area contributed by atoms with Gasteiger partial charge in [0.2, 0.25) is 5.78 Å². The molecule has 0 spiro atoms. The number of hydrogen-bond donors (Lipinski definition) is 0. The van der Waals surface area contributed by atoms with Crippen molar-refractivity contribution in [1.82, 2.24) is 0 Å². The Morgan fingerprint density at radius 1 is 1.64 bits per heavy atom. The molecule has 1 rings (SSSR count). The Hall–Kier alpha value is -0.410. The maximum Gasteiger partial charge on any atom is 0.201 e. The first-order valence-electron chi connectivity index (χ1n) is 3.19. The van der Waals surface area contributed by atoms with Crippen molar-refractivity contribution in [2.24, 2.45) is 0 Å². The van der Waals surface area contributed by atoms with Gasteiger partial charge in [0.15, 0.2) is 0 Å². The van der Waals surface area contributed by atoms with Crippen LogP contribution in [0.15, 0.2) is 17.5 Å². The van der Waals surface area contributed by atoms with Crippen molar-refractivity contribution in [2.45, 2.75) is 0 Å². The van der Waals surface area contributed by atoms with Gasteiger partial charge >= 0.3 is 0 Å². The summed E-state index contributed by atoms with van der Waals surface area (Å²) in [5, 5.41) is 3.69. The maximum absolute atomic E-state index is 11.3. The molecule has 0 saturated heterocycles. The molecular formula is C8H10OS2. The molecule has 1 heterocycles. The zero-order chi connectivity index (χ0) is 8.27. The summed E-state index contributed by atoms with van der Waals surface area (Å²) in [6, 6.07) is 3.76. The quantitative estimate of drug-likeness (QED) is 0.511. The summed E-state index contributed by atoms with van der Waals surface area (Å²) in [4.78, 5) is 12.1. The predicted octanol–water partition coefficient (Wildman–Crippen LogP) is 2.26. The summed E-state index contributed by atoms with van der Waals surface area (Å²) < 4.78 is 0. The lowest BCUT2D eigenvalue weighted by atomic mass is 10.4. The fraction of sp³-hybridized carbons (Fsp3) is 0.250. The summed E-state index contributed by atoms with van der Waals surface area (Å²) >= 11 is 1.50. The summed E-state index contributed by atoms with van der Waals surface area (Å²) in [5.41, 5.74) is 0. The second-order valence-corrected chi connectivity index (χ2v) is 5.28. The molecule has 0 unspecified atom stereocenters. The topological polar surface area (TPSA) is 17.1 Å². The Balaban J connectivity index is 2.80. The van der Waals surface area contributed by atoms with Crippen LogP contribution >= 0.6 is 21.8 Å². The molecule has 0 N–H and O–H groups in total. The molecule has 0 radical (unpaired) electrons. The Labute approximate surface area is 73.0 Å². The van der Waals surface area contributed by atoms with E-state index in [0.29, 0.717) is 0 Å². The predicted molar refractivity (Wildman–Crippen MR) is 54.2 cm³/mol. The molecule has 60 valence electrons. The molecule has 0 fully saturated rings. The lowest BCUT2D eigenvalue weighted by molar-refractivity contribution is 0.107. The van der Waals surface area contributed by atoms with E-state index >= 15 is 0 Å². The molecule has 0 atom stereocenters. The minimum absolute atomic E-state index is 0.102. The van der Waals surface area contributed by atoms with Gasteiger partial charge in [-0.2, -0.15) is 10.5 Å². The van der Waals surface area contributed by atoms with Crippen LogP contribution in [0.1, 0.15) is 9.67 Å². The van der Waals surface area contributed by atoms with Gasteiger partial charge in [0.05, 0.1) is 4.88 Å². The highest BCUT2D eigenvalue weighted by Crippen LogP contribution is 2.09. The van der Waals surface area contributed by atoms with E-state index < -0.39 is 0 Å². The van der Waals surface area contributed by atoms with Crippen LogP contribution in [0.3, 0.4) is 0 Å². The first-order valence-corrected chi connectivity index (χ1v) is 6.17. The molecule has 11 heavy (non-hydrogen) atoms. The van der Waals surface area contributed by atoms with E-state index in [2.05, 4.69) is 0 Å². The molecule has 0 aliphatic rings. The number of rotatable bonds is 2. The van der Waals surface area contributed by atoms with Crippen LogP contribution in [0.4, 0.5) is 0 Å². The first-order chi connectivity index (χ1) is 5.20. The van der Waals surface area contributed by atoms with Crippen molar-refractivity contribution in [1.29, 1.82) is 0 Å². The van der Waals surface area contributed by atoms with Crippen LogP contribution < -0.4 is 0 Å². The number of carbonyl (C=O) groups is 1. The average molecular weight is 186 g/mol. The third-order valence-corrected chi connectivity index (χ3v) is 2.68. The fourth-order valence-electron chi connectivity index (χ4n) is 0.691. The lowest BCUT2D eigenvalue weighted by Crippen LogP contribution is -1.95. The van der Waals surface area contributed by atoms with Gasteiger partial charge in [0, 0.05) is 5.37 Å². The van der Waals surface area contributed by atoms with E-state index in [9.17, 15) is 4.79 Å². The van der Waals surface area contributed by atoms with E-state index in [1.165, 1.54) is 11.3 Å². The van der Waals surface area contributed by atoms with Gasteiger partial charge in [-0.25, -0.2) is 0 Å². The molecule has 1 nitrogen and oxygen atoms in total. The maximum atomic E-state index is 11.3. The van der Waals surface area contributed by atoms with E-state index in [0.717, 1.165) is 4.88 Å². The molecule has 0 amide bonds. The number of thiophene rings is 1. The molecular weight excluding hydrogens is 176 g/mol. The van der Waals surface area contributed by atoms with Crippen molar-refractivity contribution in [3.8, 4) is 0 Å². The highest BCUT2D eigenvalue weighted by molar-refractivity contribution is 8.14. The molecule has 3 heteroatoms. The van der Waals surface area contributed by atoms with Crippen molar-refractivity contribution in [3.63, 3.8) is 0 Å². The third kappa shape index (κ3) is 2.60. The number of Topliss-reactive ketones (excluding diaryl/α,β-unsaturated/α-hetero) is 1. The van der Waals surface area contributed by atoms with Crippen LogP contribution in [-0.4, -0.2) is 23.7 Å². The monoisotopic (exact) mass is 186 g/mol. The van der Waals surface area contributed by atoms with E-state index in [1.54, 1.807) is 5.37 Å². The lowest BCUT2D eigenvalue weighted by Gasteiger charge is -1.90. The zero-order valence-corrected chi connectivity index (χ0v) is 8.17. The zero-order valence-electron chi connectivity index (χ0n) is 6.53. The van der Waals surface area contributed by atoms with E-state index in [4.69, 9.17) is 0 Å². The normalized spacial score (nSPS) is 10.1. The van der Waals surface area contributed by atoms with Crippen molar-refractivity contribution in [2.75, 3.05) is 12.5 Å². The smallest absolute Gasteiger partial charge is 0.201 e. The van der Waals surface area contributed by atoms with Crippen molar-refractivity contribution < 1.29 is 4.79 Å². The van der Waals surface area contributed by atoms with Crippen LogP contribution in [0.2, 0.25) is 0 Å². The van der Waals surface area contributed by atoms with Gasteiger partial charge in [0.1, 0.15) is 0 Å². The molecule has 0 bridgehead atoms. The Kier molecular flexibility index (Phi) is 3.02.